The fourth-order valence-electron chi connectivity index (χ4n) is 2.84. The Balaban J connectivity index is 1.90. The third kappa shape index (κ3) is 6.17. The summed E-state index contributed by atoms with van der Waals surface area (Å²) >= 11 is 6.84. The van der Waals surface area contributed by atoms with Gasteiger partial charge in [0.1, 0.15) is 4.32 Å². The number of benzene rings is 1. The van der Waals surface area contributed by atoms with E-state index in [0.717, 1.165) is 30.3 Å². The van der Waals surface area contributed by atoms with Gasteiger partial charge in [0.2, 0.25) is 15.9 Å². The smallest absolute Gasteiger partial charge is 0.243 e. The van der Waals surface area contributed by atoms with E-state index < -0.39 is 10.0 Å². The van der Waals surface area contributed by atoms with Crippen molar-refractivity contribution in [2.24, 2.45) is 0 Å². The van der Waals surface area contributed by atoms with Crippen LogP contribution in [0.15, 0.2) is 29.2 Å². The van der Waals surface area contributed by atoms with Gasteiger partial charge in [-0.1, -0.05) is 30.0 Å². The number of thiocarbonyl (C=S) groups is 1. The molecule has 0 atom stereocenters. The minimum atomic E-state index is -3.49. The van der Waals surface area contributed by atoms with Crippen LogP contribution in [0.1, 0.15) is 33.1 Å². The number of hydrogen-bond acceptors (Lipinski definition) is 5. The topological polar surface area (TPSA) is 69.7 Å². The maximum absolute atomic E-state index is 12.6. The summed E-state index contributed by atoms with van der Waals surface area (Å²) < 4.78 is 27.6. The number of sulfonamides is 1. The molecule has 1 saturated heterocycles. The van der Waals surface area contributed by atoms with E-state index in [1.165, 1.54) is 22.1 Å². The normalized spacial score (nSPS) is 14.9. The zero-order valence-corrected chi connectivity index (χ0v) is 18.3. The molecule has 0 aliphatic carbocycles. The Kier molecular flexibility index (Phi) is 8.53. The Morgan fingerprint density at radius 1 is 1.26 bits per heavy atom. The van der Waals surface area contributed by atoms with E-state index in [2.05, 4.69) is 10.2 Å². The molecule has 9 heteroatoms. The molecule has 1 aliphatic heterocycles. The number of carbonyl (C=O) groups is 1. The Bertz CT molecular complexity index is 758. The molecule has 1 amide bonds. The van der Waals surface area contributed by atoms with Crippen LogP contribution in [-0.4, -0.2) is 59.8 Å². The van der Waals surface area contributed by atoms with Gasteiger partial charge in [0.15, 0.2) is 0 Å². The highest BCUT2D eigenvalue weighted by molar-refractivity contribution is 8.22. The van der Waals surface area contributed by atoms with E-state index in [-0.39, 0.29) is 10.8 Å². The molecule has 27 heavy (non-hydrogen) atoms. The summed E-state index contributed by atoms with van der Waals surface area (Å²) in [6.45, 7) is 6.92. The summed E-state index contributed by atoms with van der Waals surface area (Å²) in [5.41, 5.74) is 0.497. The van der Waals surface area contributed by atoms with Crippen LogP contribution >= 0.6 is 24.0 Å². The molecule has 1 aromatic carbocycles. The van der Waals surface area contributed by atoms with Crippen molar-refractivity contribution in [3.63, 3.8) is 0 Å². The molecule has 1 fully saturated rings. The Morgan fingerprint density at radius 2 is 1.93 bits per heavy atom. The monoisotopic (exact) mass is 429 g/mol. The highest BCUT2D eigenvalue weighted by atomic mass is 32.2. The SMILES string of the molecule is CCN(CC)C(=S)SCCC(=O)Nc1cccc(S(=O)(=O)N2CCCC2)c1. The number of amides is 1. The van der Waals surface area contributed by atoms with Crippen LogP contribution < -0.4 is 5.32 Å². The van der Waals surface area contributed by atoms with Crippen LogP contribution in [0.5, 0.6) is 0 Å². The Labute approximate surface area is 171 Å². The molecule has 0 spiro atoms. The van der Waals surface area contributed by atoms with Crippen molar-refractivity contribution in [2.45, 2.75) is 38.0 Å². The molecular formula is C18H27N3O3S3. The summed E-state index contributed by atoms with van der Waals surface area (Å²) in [5.74, 6) is 0.438. The summed E-state index contributed by atoms with van der Waals surface area (Å²) in [7, 11) is -3.49. The van der Waals surface area contributed by atoms with Crippen molar-refractivity contribution in [3.05, 3.63) is 24.3 Å². The summed E-state index contributed by atoms with van der Waals surface area (Å²) in [6.07, 6.45) is 2.10. The molecule has 6 nitrogen and oxygen atoms in total. The van der Waals surface area contributed by atoms with E-state index in [4.69, 9.17) is 12.2 Å². The predicted molar refractivity (Wildman–Crippen MR) is 116 cm³/mol. The van der Waals surface area contributed by atoms with Crippen molar-refractivity contribution in [3.8, 4) is 0 Å². The highest BCUT2D eigenvalue weighted by Crippen LogP contribution is 2.23. The van der Waals surface area contributed by atoms with Crippen molar-refractivity contribution in [1.29, 1.82) is 0 Å². The van der Waals surface area contributed by atoms with Gasteiger partial charge < -0.3 is 10.2 Å². The van der Waals surface area contributed by atoms with Crippen LogP contribution in [0.25, 0.3) is 0 Å². The molecule has 1 heterocycles. The quantitative estimate of drug-likeness (QED) is 0.640. The fraction of sp³-hybridized carbons (Fsp3) is 0.556. The first-order valence-electron chi connectivity index (χ1n) is 9.20. The van der Waals surface area contributed by atoms with Crippen LogP contribution in [-0.2, 0) is 14.8 Å². The van der Waals surface area contributed by atoms with Gasteiger partial charge in [-0.25, -0.2) is 8.42 Å². The van der Waals surface area contributed by atoms with Gasteiger partial charge >= 0.3 is 0 Å². The number of carbonyl (C=O) groups excluding carboxylic acids is 1. The zero-order valence-electron chi connectivity index (χ0n) is 15.8. The van der Waals surface area contributed by atoms with Crippen molar-refractivity contribution in [2.75, 3.05) is 37.2 Å². The standard InChI is InChI=1S/C18H27N3O3S3/c1-3-20(4-2)18(25)26-13-10-17(22)19-15-8-7-9-16(14-15)27(23,24)21-11-5-6-12-21/h7-9,14H,3-6,10-13H2,1-2H3,(H,19,22). The molecule has 1 aliphatic rings. The first-order valence-corrected chi connectivity index (χ1v) is 12.0. The van der Waals surface area contributed by atoms with E-state index >= 15 is 0 Å². The van der Waals surface area contributed by atoms with Gasteiger partial charge in [0, 0.05) is 44.0 Å². The lowest BCUT2D eigenvalue weighted by atomic mass is 10.3. The van der Waals surface area contributed by atoms with Gasteiger partial charge in [-0.3, -0.25) is 4.79 Å². The summed E-state index contributed by atoms with van der Waals surface area (Å²) in [5, 5.41) is 2.78. The Morgan fingerprint density at radius 3 is 2.56 bits per heavy atom. The molecule has 150 valence electrons. The molecule has 1 N–H and O–H groups in total. The average Bonchev–Trinajstić information content (AvgIpc) is 3.18. The number of hydrogen-bond donors (Lipinski definition) is 1. The molecule has 0 aromatic heterocycles. The molecule has 1 aromatic rings. The molecular weight excluding hydrogens is 402 g/mol. The second-order valence-electron chi connectivity index (χ2n) is 6.22. The first kappa shape index (κ1) is 22.1. The van der Waals surface area contributed by atoms with Crippen LogP contribution in [0.3, 0.4) is 0 Å². The minimum absolute atomic E-state index is 0.152. The van der Waals surface area contributed by atoms with Gasteiger partial charge in [0.05, 0.1) is 4.90 Å². The highest BCUT2D eigenvalue weighted by Gasteiger charge is 2.27. The molecule has 0 bridgehead atoms. The molecule has 0 radical (unpaired) electrons. The number of nitrogens with zero attached hydrogens (tertiary/aromatic N) is 2. The second kappa shape index (κ2) is 10.4. The number of thioether (sulfide) groups is 1. The maximum atomic E-state index is 12.6. The summed E-state index contributed by atoms with van der Waals surface area (Å²) in [6, 6.07) is 6.46. The van der Waals surface area contributed by atoms with Gasteiger partial charge in [-0.05, 0) is 44.9 Å². The van der Waals surface area contributed by atoms with Crippen molar-refractivity contribution < 1.29 is 13.2 Å². The average molecular weight is 430 g/mol. The maximum Gasteiger partial charge on any atom is 0.243 e. The van der Waals surface area contributed by atoms with Crippen molar-refractivity contribution >= 4 is 49.9 Å². The number of anilines is 1. The van der Waals surface area contributed by atoms with E-state index in [1.807, 2.05) is 13.8 Å². The van der Waals surface area contributed by atoms with Crippen LogP contribution in [0.2, 0.25) is 0 Å². The van der Waals surface area contributed by atoms with Crippen LogP contribution in [0, 0.1) is 0 Å². The van der Waals surface area contributed by atoms with Gasteiger partial charge in [-0.2, -0.15) is 4.31 Å². The number of rotatable bonds is 8. The number of nitrogens with one attached hydrogen (secondary N) is 1. The first-order chi connectivity index (χ1) is 12.9. The molecule has 2 rings (SSSR count). The third-order valence-electron chi connectivity index (χ3n) is 4.40. The Hall–Kier alpha value is -1.16. The fourth-order valence-corrected chi connectivity index (χ4v) is 5.81. The van der Waals surface area contributed by atoms with Crippen molar-refractivity contribution in [1.82, 2.24) is 9.21 Å². The van der Waals surface area contributed by atoms with Crippen LogP contribution in [0.4, 0.5) is 5.69 Å². The van der Waals surface area contributed by atoms with Gasteiger partial charge in [0.25, 0.3) is 0 Å². The summed E-state index contributed by atoms with van der Waals surface area (Å²) in [4.78, 5) is 14.5. The zero-order chi connectivity index (χ0) is 19.9. The van der Waals surface area contributed by atoms with E-state index in [1.54, 1.807) is 18.2 Å². The largest absolute Gasteiger partial charge is 0.358 e. The lowest BCUT2D eigenvalue weighted by Crippen LogP contribution is -2.28. The van der Waals surface area contributed by atoms with E-state index in [9.17, 15) is 13.2 Å². The predicted octanol–water partition coefficient (Wildman–Crippen LogP) is 3.16. The van der Waals surface area contributed by atoms with Gasteiger partial charge in [-0.15, -0.1) is 0 Å². The minimum Gasteiger partial charge on any atom is -0.358 e. The van der Waals surface area contributed by atoms with E-state index in [0.29, 0.717) is 31.0 Å². The lowest BCUT2D eigenvalue weighted by Gasteiger charge is -2.20. The molecule has 0 unspecified atom stereocenters. The third-order valence-corrected chi connectivity index (χ3v) is 7.82. The lowest BCUT2D eigenvalue weighted by molar-refractivity contribution is -0.115. The molecule has 0 saturated carbocycles. The second-order valence-corrected chi connectivity index (χ2v) is 9.89.